The van der Waals surface area contributed by atoms with Crippen molar-refractivity contribution in [2.75, 3.05) is 0 Å². The highest BCUT2D eigenvalue weighted by molar-refractivity contribution is 7.06. The molecule has 0 fully saturated rings. The van der Waals surface area contributed by atoms with Crippen LogP contribution < -0.4 is 0 Å². The third-order valence-electron chi connectivity index (χ3n) is 2.78. The molecule has 0 saturated carbocycles. The van der Waals surface area contributed by atoms with Gasteiger partial charge in [-0.1, -0.05) is 53.2 Å². The fourth-order valence-electron chi connectivity index (χ4n) is 1.90. The Kier molecular flexibility index (Phi) is 8.99. The fourth-order valence-corrected chi connectivity index (χ4v) is 2.68. The van der Waals surface area contributed by atoms with Gasteiger partial charge in [-0.25, -0.2) is 0 Å². The second-order valence-corrected chi connectivity index (χ2v) is 5.57. The Balaban J connectivity index is 0.00000137. The lowest BCUT2D eigenvalue weighted by molar-refractivity contribution is 0.633. The van der Waals surface area contributed by atoms with Crippen LogP contribution in [0.2, 0.25) is 0 Å². The van der Waals surface area contributed by atoms with Gasteiger partial charge in [0.05, 0.1) is 5.69 Å². The minimum absolute atomic E-state index is 0.739. The molecule has 1 rings (SSSR count). The standard InChI is InChI=1S/C14H23NS.C2H6/c1-6-12(8-10(3)4)9-13-11(5)15-16-14(13)7-2;1-2/h9-10H,6-8H2,1-5H3;1-2H3/b12-9+;. The van der Waals surface area contributed by atoms with Crippen LogP contribution in [0.25, 0.3) is 6.08 Å². The van der Waals surface area contributed by atoms with E-state index in [1.54, 1.807) is 17.1 Å². The normalized spacial score (nSPS) is 11.4. The van der Waals surface area contributed by atoms with Gasteiger partial charge >= 0.3 is 0 Å². The lowest BCUT2D eigenvalue weighted by atomic mass is 9.98. The van der Waals surface area contributed by atoms with Crippen LogP contribution in [0.1, 0.15) is 70.5 Å². The summed E-state index contributed by atoms with van der Waals surface area (Å²) in [6.07, 6.45) is 5.82. The molecule has 0 bridgehead atoms. The predicted molar refractivity (Wildman–Crippen MR) is 85.3 cm³/mol. The molecule has 0 unspecified atom stereocenters. The molecule has 0 radical (unpaired) electrons. The average Bonchev–Trinajstić information content (AvgIpc) is 2.71. The summed E-state index contributed by atoms with van der Waals surface area (Å²) in [5.74, 6) is 0.739. The quantitative estimate of drug-likeness (QED) is 0.649. The first-order valence-corrected chi connectivity index (χ1v) is 8.00. The highest BCUT2D eigenvalue weighted by atomic mass is 32.1. The summed E-state index contributed by atoms with van der Waals surface area (Å²) in [6, 6.07) is 0. The maximum atomic E-state index is 4.45. The maximum absolute atomic E-state index is 4.45. The number of aryl methyl sites for hydroxylation is 2. The van der Waals surface area contributed by atoms with Gasteiger partial charge in [0, 0.05) is 10.4 Å². The van der Waals surface area contributed by atoms with Gasteiger partial charge in [0.1, 0.15) is 0 Å². The Morgan fingerprint density at radius 3 is 2.33 bits per heavy atom. The smallest absolute Gasteiger partial charge is 0.0586 e. The van der Waals surface area contributed by atoms with Gasteiger partial charge in [-0.2, -0.15) is 4.37 Å². The van der Waals surface area contributed by atoms with Crippen LogP contribution >= 0.6 is 11.5 Å². The van der Waals surface area contributed by atoms with Crippen molar-refractivity contribution < 1.29 is 0 Å². The third kappa shape index (κ3) is 5.34. The first-order chi connectivity index (χ1) is 8.58. The predicted octanol–water partition coefficient (Wildman–Crippen LogP) is 5.88. The zero-order valence-electron chi connectivity index (χ0n) is 13.1. The first kappa shape index (κ1) is 17.4. The van der Waals surface area contributed by atoms with Crippen molar-refractivity contribution in [3.63, 3.8) is 0 Å². The van der Waals surface area contributed by atoms with Crippen LogP contribution in [0.4, 0.5) is 0 Å². The zero-order chi connectivity index (χ0) is 14.1. The molecular weight excluding hydrogens is 238 g/mol. The first-order valence-electron chi connectivity index (χ1n) is 7.23. The molecule has 0 atom stereocenters. The van der Waals surface area contributed by atoms with Crippen LogP contribution in [-0.2, 0) is 6.42 Å². The average molecular weight is 267 g/mol. The molecule has 1 nitrogen and oxygen atoms in total. The van der Waals surface area contributed by atoms with Crippen LogP contribution in [-0.4, -0.2) is 4.37 Å². The van der Waals surface area contributed by atoms with E-state index in [2.05, 4.69) is 45.1 Å². The number of rotatable bonds is 5. The number of hydrogen-bond acceptors (Lipinski definition) is 2. The minimum atomic E-state index is 0.739. The number of aromatic nitrogens is 1. The molecule has 0 aliphatic heterocycles. The van der Waals surface area contributed by atoms with E-state index in [9.17, 15) is 0 Å². The highest BCUT2D eigenvalue weighted by Gasteiger charge is 2.08. The second kappa shape index (κ2) is 9.32. The van der Waals surface area contributed by atoms with Gasteiger partial charge in [0.25, 0.3) is 0 Å². The summed E-state index contributed by atoms with van der Waals surface area (Å²) in [5, 5.41) is 0. The molecule has 1 aromatic rings. The Labute approximate surface area is 117 Å². The summed E-state index contributed by atoms with van der Waals surface area (Å²) in [5.41, 5.74) is 4.12. The van der Waals surface area contributed by atoms with Gasteiger partial charge in [-0.15, -0.1) is 0 Å². The highest BCUT2D eigenvalue weighted by Crippen LogP contribution is 2.25. The van der Waals surface area contributed by atoms with Gasteiger partial charge in [-0.3, -0.25) is 0 Å². The molecule has 0 aliphatic rings. The largest absolute Gasteiger partial charge is 0.197 e. The monoisotopic (exact) mass is 267 g/mol. The molecule has 0 amide bonds. The topological polar surface area (TPSA) is 12.9 Å². The molecule has 0 aliphatic carbocycles. The van der Waals surface area contributed by atoms with Crippen molar-refractivity contribution in [1.29, 1.82) is 0 Å². The Morgan fingerprint density at radius 2 is 1.89 bits per heavy atom. The van der Waals surface area contributed by atoms with E-state index in [0.717, 1.165) is 18.8 Å². The lowest BCUT2D eigenvalue weighted by Crippen LogP contribution is -1.92. The van der Waals surface area contributed by atoms with E-state index in [-0.39, 0.29) is 0 Å². The molecule has 1 aromatic heterocycles. The second-order valence-electron chi connectivity index (χ2n) is 4.71. The molecule has 1 heterocycles. The van der Waals surface area contributed by atoms with E-state index < -0.39 is 0 Å². The van der Waals surface area contributed by atoms with E-state index in [1.807, 2.05) is 13.8 Å². The minimum Gasteiger partial charge on any atom is -0.197 e. The summed E-state index contributed by atoms with van der Waals surface area (Å²) < 4.78 is 4.45. The van der Waals surface area contributed by atoms with E-state index in [1.165, 1.54) is 22.6 Å². The van der Waals surface area contributed by atoms with Crippen molar-refractivity contribution in [3.8, 4) is 0 Å². The van der Waals surface area contributed by atoms with Crippen LogP contribution in [0.3, 0.4) is 0 Å². The lowest BCUT2D eigenvalue weighted by Gasteiger charge is -2.08. The molecule has 0 aromatic carbocycles. The van der Waals surface area contributed by atoms with Gasteiger partial charge in [0.2, 0.25) is 0 Å². The van der Waals surface area contributed by atoms with E-state index in [0.29, 0.717) is 0 Å². The summed E-state index contributed by atoms with van der Waals surface area (Å²) in [4.78, 5) is 1.42. The zero-order valence-corrected chi connectivity index (χ0v) is 13.9. The van der Waals surface area contributed by atoms with Crippen molar-refractivity contribution >= 4 is 17.6 Å². The molecule has 0 spiro atoms. The molecule has 2 heteroatoms. The van der Waals surface area contributed by atoms with Crippen molar-refractivity contribution in [1.82, 2.24) is 4.37 Å². The van der Waals surface area contributed by atoms with Crippen LogP contribution in [0.15, 0.2) is 5.57 Å². The van der Waals surface area contributed by atoms with Crippen molar-refractivity contribution in [2.24, 2.45) is 5.92 Å². The van der Waals surface area contributed by atoms with Gasteiger partial charge in [0.15, 0.2) is 0 Å². The third-order valence-corrected chi connectivity index (χ3v) is 3.87. The molecule has 18 heavy (non-hydrogen) atoms. The molecule has 0 N–H and O–H groups in total. The molecule has 0 saturated heterocycles. The summed E-state index contributed by atoms with van der Waals surface area (Å²) in [7, 11) is 0. The number of allylic oxidation sites excluding steroid dienone is 1. The van der Waals surface area contributed by atoms with Crippen LogP contribution in [0, 0.1) is 12.8 Å². The van der Waals surface area contributed by atoms with E-state index >= 15 is 0 Å². The molecular formula is C16H29NS. The SMILES string of the molecule is CC.CC/C(=C\c1c(C)nsc1CC)CC(C)C. The maximum Gasteiger partial charge on any atom is 0.0586 e. The number of hydrogen-bond donors (Lipinski definition) is 0. The molecule has 104 valence electrons. The van der Waals surface area contributed by atoms with Gasteiger partial charge < -0.3 is 0 Å². The Morgan fingerprint density at radius 1 is 1.28 bits per heavy atom. The van der Waals surface area contributed by atoms with Crippen molar-refractivity contribution in [3.05, 3.63) is 21.7 Å². The number of nitrogens with zero attached hydrogens (tertiary/aromatic N) is 1. The van der Waals surface area contributed by atoms with Gasteiger partial charge in [-0.05, 0) is 43.6 Å². The Hall–Kier alpha value is -0.630. The van der Waals surface area contributed by atoms with E-state index in [4.69, 9.17) is 0 Å². The Bertz CT molecular complexity index is 361. The van der Waals surface area contributed by atoms with Crippen molar-refractivity contribution in [2.45, 2.75) is 67.7 Å². The summed E-state index contributed by atoms with van der Waals surface area (Å²) >= 11 is 1.65. The summed E-state index contributed by atoms with van der Waals surface area (Å²) in [6.45, 7) is 15.1. The van der Waals surface area contributed by atoms with Crippen LogP contribution in [0.5, 0.6) is 0 Å². The fraction of sp³-hybridized carbons (Fsp3) is 0.688.